The number of ether oxygens (including phenoxy) is 12. The van der Waals surface area contributed by atoms with E-state index in [0.717, 1.165) is 13.8 Å². The summed E-state index contributed by atoms with van der Waals surface area (Å²) in [5, 5.41) is 243. The molecule has 0 aromatic heterocycles. The Hall–Kier alpha value is -2.91. The van der Waals surface area contributed by atoms with Crippen LogP contribution in [0, 0.1) is 0 Å². The summed E-state index contributed by atoms with van der Waals surface area (Å²) in [6, 6.07) is -3.76. The van der Waals surface area contributed by atoms with E-state index in [1.165, 1.54) is 13.8 Å². The highest BCUT2D eigenvalue weighted by Gasteiger charge is 2.62. The van der Waals surface area contributed by atoms with Crippen molar-refractivity contribution >= 4 is 17.8 Å². The van der Waals surface area contributed by atoms with Crippen molar-refractivity contribution in [3.8, 4) is 0 Å². The van der Waals surface area contributed by atoms with E-state index in [2.05, 4.69) is 10.6 Å². The van der Waals surface area contributed by atoms with Gasteiger partial charge < -0.3 is 180 Å². The minimum absolute atomic E-state index is 0.860. The molecule has 24 N–H and O–H groups in total. The molecule has 6 rings (SSSR count). The first-order valence-electron chi connectivity index (χ1n) is 27.9. The molecule has 35 atom stereocenters. The molecule has 0 radical (unpaired) electrons. The first-order chi connectivity index (χ1) is 41.3. The topological polar surface area (TPSA) is 631 Å². The lowest BCUT2D eigenvalue weighted by Gasteiger charge is -2.52. The number of rotatable bonds is 26. The zero-order chi connectivity index (χ0) is 65.7. The van der Waals surface area contributed by atoms with Gasteiger partial charge in [0.25, 0.3) is 5.79 Å². The Morgan fingerprint density at radius 2 is 0.886 bits per heavy atom. The second-order valence-electron chi connectivity index (χ2n) is 22.2. The molecule has 0 aliphatic carbocycles. The quantitative estimate of drug-likeness (QED) is 0.0382. The summed E-state index contributed by atoms with van der Waals surface area (Å²) in [6.45, 7) is -2.91. The van der Waals surface area contributed by atoms with E-state index < -0.39 is 278 Å². The first kappa shape index (κ1) is 74.1. The fraction of sp³-hybridized carbons (Fsp3) is 0.939. The van der Waals surface area contributed by atoms with E-state index >= 15 is 0 Å². The van der Waals surface area contributed by atoms with E-state index in [1.807, 2.05) is 0 Å². The summed E-state index contributed by atoms with van der Waals surface area (Å²) in [5.41, 5.74) is 0. The van der Waals surface area contributed by atoms with Crippen molar-refractivity contribution < 1.29 is 184 Å². The fourth-order valence-electron chi connectivity index (χ4n) is 11.0. The number of hydrogen-bond donors (Lipinski definition) is 24. The highest BCUT2D eigenvalue weighted by Crippen LogP contribution is 2.41. The summed E-state index contributed by atoms with van der Waals surface area (Å²) in [5.74, 6) is -7.29. The van der Waals surface area contributed by atoms with Crippen LogP contribution in [0.1, 0.15) is 34.1 Å². The van der Waals surface area contributed by atoms with Gasteiger partial charge in [-0.05, 0) is 13.8 Å². The number of carbonyl (C=O) groups excluding carboxylic acids is 2. The lowest BCUT2D eigenvalue weighted by Crippen LogP contribution is -2.72. The third-order valence-electron chi connectivity index (χ3n) is 15.9. The van der Waals surface area contributed by atoms with Crippen molar-refractivity contribution in [1.29, 1.82) is 0 Å². The van der Waals surface area contributed by atoms with Gasteiger partial charge >= 0.3 is 5.97 Å². The summed E-state index contributed by atoms with van der Waals surface area (Å²) in [4.78, 5) is 38.7. The van der Waals surface area contributed by atoms with Crippen LogP contribution < -0.4 is 10.6 Å². The molecule has 0 aromatic rings. The van der Waals surface area contributed by atoms with Crippen LogP contribution in [0.15, 0.2) is 0 Å². The van der Waals surface area contributed by atoms with Crippen LogP contribution in [0.25, 0.3) is 0 Å². The number of aliphatic carboxylic acids is 1. The minimum atomic E-state index is -3.29. The molecule has 512 valence electrons. The Morgan fingerprint density at radius 1 is 0.477 bits per heavy atom. The lowest BCUT2D eigenvalue weighted by molar-refractivity contribution is -0.398. The average molecular weight is 1290 g/mol. The molecule has 6 fully saturated rings. The average Bonchev–Trinajstić information content (AvgIpc) is 1.11. The number of carbonyl (C=O) groups is 3. The van der Waals surface area contributed by atoms with Crippen molar-refractivity contribution in [3.05, 3.63) is 0 Å². The van der Waals surface area contributed by atoms with Gasteiger partial charge in [0.2, 0.25) is 11.8 Å². The molecule has 6 aliphatic heterocycles. The Bertz CT molecular complexity index is 2200. The molecule has 6 saturated heterocycles. The smallest absolute Gasteiger partial charge is 0.364 e. The third-order valence-corrected chi connectivity index (χ3v) is 15.9. The summed E-state index contributed by atoms with van der Waals surface area (Å²) < 4.78 is 70.1. The maximum absolute atomic E-state index is 13.3. The molecule has 39 heteroatoms. The number of carboxylic acid groups (broad SMARTS) is 1. The molecule has 0 bridgehead atoms. The van der Waals surface area contributed by atoms with Crippen molar-refractivity contribution in [2.75, 3.05) is 39.6 Å². The minimum Gasteiger partial charge on any atom is -0.477 e. The molecule has 2 amide bonds. The zero-order valence-corrected chi connectivity index (χ0v) is 47.5. The Balaban J connectivity index is 1.38. The van der Waals surface area contributed by atoms with Gasteiger partial charge in [0.05, 0.1) is 64.0 Å². The maximum Gasteiger partial charge on any atom is 0.364 e. The molecular formula is C49H84N2O37. The number of aliphatic hydroxyl groups excluding tert-OH is 21. The predicted molar refractivity (Wildman–Crippen MR) is 272 cm³/mol. The molecule has 88 heavy (non-hydrogen) atoms. The largest absolute Gasteiger partial charge is 0.477 e. The van der Waals surface area contributed by atoms with E-state index in [-0.39, 0.29) is 0 Å². The van der Waals surface area contributed by atoms with Gasteiger partial charge in [-0.25, -0.2) is 4.79 Å². The van der Waals surface area contributed by atoms with Gasteiger partial charge in [-0.3, -0.25) is 9.59 Å². The Kier molecular flexibility index (Phi) is 26.8. The lowest BCUT2D eigenvalue weighted by atomic mass is 9.88. The van der Waals surface area contributed by atoms with Crippen molar-refractivity contribution in [2.24, 2.45) is 0 Å². The SMILES string of the molecule is CC(=O)N[C@H]1[C@H](O[C@H]2[C@@H](O)[C@@H](CO)O[C@@H](O[C@@H]([C@H](O[C@@H]3O[C@@H](C)[C@@H](O)[C@@H](O)[C@@H]3O)[C@@H](O)CO)[C@H](O)CO)[C@@H]2O)O[C@H](CO)[C@@H](O[C@@H]2O[C@H](CO)[C@H](O)[C@H](O[C@]3(C(=O)O)C[C@H](O)[C@@H](NC(C)=O)[C@H]([C@H](O)[C@H](O)CO)O3)[C@H]2O)[C@@H]1O[C@@H]1O[C@@H](C)[C@@H](O)[C@@H](O)[C@@H]1O. The number of nitrogens with one attached hydrogen (secondary N) is 2. The summed E-state index contributed by atoms with van der Waals surface area (Å²) >= 11 is 0. The van der Waals surface area contributed by atoms with Crippen LogP contribution in [-0.4, -0.2) is 384 Å². The van der Waals surface area contributed by atoms with Crippen LogP contribution in [0.2, 0.25) is 0 Å². The van der Waals surface area contributed by atoms with Crippen LogP contribution in [0.4, 0.5) is 0 Å². The molecule has 0 saturated carbocycles. The van der Waals surface area contributed by atoms with Gasteiger partial charge in [0.15, 0.2) is 31.5 Å². The van der Waals surface area contributed by atoms with Gasteiger partial charge in [0, 0.05) is 20.3 Å². The monoisotopic (exact) mass is 1290 g/mol. The van der Waals surface area contributed by atoms with Crippen LogP contribution >= 0.6 is 0 Å². The van der Waals surface area contributed by atoms with E-state index in [9.17, 15) is 127 Å². The third kappa shape index (κ3) is 16.2. The van der Waals surface area contributed by atoms with Gasteiger partial charge in [-0.15, -0.1) is 0 Å². The second-order valence-corrected chi connectivity index (χ2v) is 22.2. The van der Waals surface area contributed by atoms with Crippen LogP contribution in [-0.2, 0) is 71.2 Å². The molecule has 6 heterocycles. The van der Waals surface area contributed by atoms with E-state index in [0.29, 0.717) is 0 Å². The highest BCUT2D eigenvalue weighted by molar-refractivity contribution is 5.76. The fourth-order valence-corrected chi connectivity index (χ4v) is 11.0. The first-order valence-corrected chi connectivity index (χ1v) is 27.9. The molecular weight excluding hydrogens is 1210 g/mol. The normalized spacial score (nSPS) is 45.5. The van der Waals surface area contributed by atoms with Crippen molar-refractivity contribution in [2.45, 2.75) is 248 Å². The zero-order valence-electron chi connectivity index (χ0n) is 47.5. The second kappa shape index (κ2) is 31.8. The Labute approximate surface area is 499 Å². The van der Waals surface area contributed by atoms with Gasteiger partial charge in [-0.1, -0.05) is 0 Å². The maximum atomic E-state index is 13.3. The summed E-state index contributed by atoms with van der Waals surface area (Å²) in [6.07, 6.45) is -68.2. The van der Waals surface area contributed by atoms with E-state index in [1.54, 1.807) is 0 Å². The molecule has 6 aliphatic rings. The molecule has 0 spiro atoms. The summed E-state index contributed by atoms with van der Waals surface area (Å²) in [7, 11) is 0. The highest BCUT2D eigenvalue weighted by atomic mass is 16.8. The van der Waals surface area contributed by atoms with Crippen molar-refractivity contribution in [1.82, 2.24) is 10.6 Å². The molecule has 39 nitrogen and oxygen atoms in total. The van der Waals surface area contributed by atoms with Crippen LogP contribution in [0.3, 0.4) is 0 Å². The number of carboxylic acids is 1. The number of aliphatic hydroxyl groups is 21. The van der Waals surface area contributed by atoms with Gasteiger partial charge in [0.1, 0.15) is 153 Å². The molecule has 0 unspecified atom stereocenters. The molecule has 0 aromatic carbocycles. The Morgan fingerprint density at radius 3 is 1.38 bits per heavy atom. The standard InChI is InChI=1S/C49H84N2O37/c1-12-25(64)30(69)32(71)44(77-12)82-36(18(62)7-53)37(19(63)8-54)83-46-34(73)41(28(67)20(9-55)79-46)86-43-24(51-15(4)59)40(85-45-33(72)31(70)26(65)13(2)78-45)38(22(11-57)81-43)84-47-35(74)42(29(68)21(10-56)80-47)88-49(48(75)76)5-16(60)23(50-14(3)58)39(87-49)27(66)17(61)6-52/h12-13,16-47,52-57,60-74H,5-11H2,1-4H3,(H,50,58)(H,51,59)(H,75,76)/t12-,13-,16-,17+,18-,19+,20+,21+,22+,23+,24+,25+,26+,27+,28-,29-,30+,31+,32-,33-,34+,35+,36+,37+,38+,39+,40+,41-,42-,43-,44-,45-,46-,47-,49-/m0/s1. The van der Waals surface area contributed by atoms with Crippen molar-refractivity contribution in [3.63, 3.8) is 0 Å². The van der Waals surface area contributed by atoms with Gasteiger partial charge in [-0.2, -0.15) is 0 Å². The number of hydrogen-bond acceptors (Lipinski definition) is 36. The predicted octanol–water partition coefficient (Wildman–Crippen LogP) is -15.1. The van der Waals surface area contributed by atoms with E-state index in [4.69, 9.17) is 56.8 Å². The number of amides is 2. The van der Waals surface area contributed by atoms with Crippen LogP contribution in [0.5, 0.6) is 0 Å².